The van der Waals surface area contributed by atoms with E-state index in [4.69, 9.17) is 4.74 Å². The second-order valence-corrected chi connectivity index (χ2v) is 10.6. The third kappa shape index (κ3) is 3.98. The molecule has 0 fully saturated rings. The fraction of sp³-hybridized carbons (Fsp3) is 0.389. The van der Waals surface area contributed by atoms with Crippen molar-refractivity contribution in [1.82, 2.24) is 24.7 Å². The number of H-pyrrole nitrogens is 1. The minimum absolute atomic E-state index is 0.0513. The van der Waals surface area contributed by atoms with E-state index >= 15 is 0 Å². The smallest absolute Gasteiger partial charge is 0.182 e. The number of nitrogens with one attached hydrogen (secondary N) is 3. The highest BCUT2D eigenvalue weighted by molar-refractivity contribution is 8.12. The third-order valence-corrected chi connectivity index (χ3v) is 7.04. The van der Waals surface area contributed by atoms with E-state index < -0.39 is 9.53 Å². The Hall–Kier alpha value is -2.56. The zero-order valence-corrected chi connectivity index (χ0v) is 17.4. The number of nitrogens with zero attached hydrogens (tertiary/aromatic N) is 3. The molecule has 1 atom stereocenters. The molecule has 3 rings (SSSR count). The van der Waals surface area contributed by atoms with Crippen molar-refractivity contribution in [3.8, 4) is 5.75 Å². The van der Waals surface area contributed by atoms with Gasteiger partial charge in [-0.1, -0.05) is 13.8 Å². The minimum Gasteiger partial charge on any atom is -0.488 e. The van der Waals surface area contributed by atoms with Gasteiger partial charge in [-0.25, -0.2) is 19.7 Å². The molecule has 1 aromatic carbocycles. The molecule has 0 spiro atoms. The Bertz CT molecular complexity index is 1060. The average molecular weight is 407 g/mol. The first kappa shape index (κ1) is 20.2. The summed E-state index contributed by atoms with van der Waals surface area (Å²) in [7, 11) is -2.73. The zero-order valence-electron chi connectivity index (χ0n) is 16.6. The standard InChI is InChI=1S/C18H26N6O3S/c1-11(2)12(3)27-15-7-6-13(28(5,25,26)19-4)8-14(15)24-18-16-17(21-9-20-16)22-10-23-18/h6-12H,1-5H3,(H2,19,25,26)(H2,20,21,22,23,24). The van der Waals surface area contributed by atoms with Gasteiger partial charge in [0, 0.05) is 13.3 Å². The SMILES string of the molecule is CNS(C)(=O)(O)c1ccc(OC(C)C(C)C)c(Nc2ncnc3nc[nH]c23)c1. The summed E-state index contributed by atoms with van der Waals surface area (Å²) in [6, 6.07) is 4.87. The lowest BCUT2D eigenvalue weighted by Gasteiger charge is -2.38. The minimum atomic E-state index is -4.18. The molecule has 0 aliphatic carbocycles. The summed E-state index contributed by atoms with van der Waals surface area (Å²) in [4.78, 5) is 15.7. The number of hydrogen-bond donors (Lipinski definition) is 4. The van der Waals surface area contributed by atoms with Crippen molar-refractivity contribution in [2.75, 3.05) is 18.6 Å². The fourth-order valence-corrected chi connectivity index (χ4v) is 3.47. The molecule has 2 aromatic heterocycles. The number of aromatic nitrogens is 4. The van der Waals surface area contributed by atoms with Gasteiger partial charge in [-0.15, -0.1) is 9.53 Å². The summed E-state index contributed by atoms with van der Waals surface area (Å²) in [6.45, 7) is 6.11. The van der Waals surface area contributed by atoms with Gasteiger partial charge >= 0.3 is 0 Å². The molecule has 28 heavy (non-hydrogen) atoms. The van der Waals surface area contributed by atoms with Crippen molar-refractivity contribution in [3.63, 3.8) is 0 Å². The maximum atomic E-state index is 12.9. The van der Waals surface area contributed by atoms with Gasteiger partial charge in [0.15, 0.2) is 11.5 Å². The van der Waals surface area contributed by atoms with Crippen molar-refractivity contribution in [1.29, 1.82) is 0 Å². The van der Waals surface area contributed by atoms with Crippen molar-refractivity contribution in [2.45, 2.75) is 31.8 Å². The summed E-state index contributed by atoms with van der Waals surface area (Å²) in [6.07, 6.45) is 4.15. The Morgan fingerprint density at radius 3 is 2.64 bits per heavy atom. The van der Waals surface area contributed by atoms with Crippen molar-refractivity contribution in [2.24, 2.45) is 5.92 Å². The molecule has 0 aliphatic rings. The lowest BCUT2D eigenvalue weighted by Crippen LogP contribution is -2.43. The van der Waals surface area contributed by atoms with Crippen molar-refractivity contribution < 1.29 is 13.5 Å². The molecular formula is C18H26N6O3S. The average Bonchev–Trinajstić information content (AvgIpc) is 3.12. The number of fused-ring (bicyclic) bond motifs is 1. The molecule has 9 nitrogen and oxygen atoms in total. The fourth-order valence-electron chi connectivity index (χ4n) is 2.45. The first-order valence-corrected chi connectivity index (χ1v) is 11.2. The topological polar surface area (TPSA) is 125 Å². The van der Waals surface area contributed by atoms with E-state index in [0.29, 0.717) is 34.3 Å². The van der Waals surface area contributed by atoms with E-state index in [1.807, 2.05) is 6.92 Å². The lowest BCUT2D eigenvalue weighted by atomic mass is 10.1. The number of ether oxygens (including phenoxy) is 1. The number of imidazole rings is 1. The van der Waals surface area contributed by atoms with Crippen LogP contribution >= 0.6 is 0 Å². The Kier molecular flexibility index (Phi) is 5.13. The first-order chi connectivity index (χ1) is 13.1. The van der Waals surface area contributed by atoms with Crippen LogP contribution in [0.2, 0.25) is 0 Å². The van der Waals surface area contributed by atoms with Crippen molar-refractivity contribution in [3.05, 3.63) is 30.9 Å². The molecule has 0 saturated carbocycles. The van der Waals surface area contributed by atoms with Crippen LogP contribution in [0.25, 0.3) is 11.2 Å². The van der Waals surface area contributed by atoms with E-state index in [1.54, 1.807) is 18.2 Å². The molecule has 0 radical (unpaired) electrons. The van der Waals surface area contributed by atoms with Crippen molar-refractivity contribution >= 4 is 32.2 Å². The second-order valence-electron chi connectivity index (χ2n) is 7.16. The number of hydrogen-bond acceptors (Lipinski definition) is 6. The van der Waals surface area contributed by atoms with Crippen LogP contribution in [0.1, 0.15) is 20.8 Å². The molecule has 3 aromatic rings. The molecule has 0 bridgehead atoms. The van der Waals surface area contributed by atoms with Gasteiger partial charge < -0.3 is 15.0 Å². The molecular weight excluding hydrogens is 380 g/mol. The number of anilines is 2. The van der Waals surface area contributed by atoms with Crippen LogP contribution < -0.4 is 14.8 Å². The summed E-state index contributed by atoms with van der Waals surface area (Å²) in [5, 5.41) is 3.19. The van der Waals surface area contributed by atoms with Gasteiger partial charge in [0.25, 0.3) is 0 Å². The predicted molar refractivity (Wildman–Crippen MR) is 110 cm³/mol. The largest absolute Gasteiger partial charge is 0.488 e. The maximum Gasteiger partial charge on any atom is 0.182 e. The van der Waals surface area contributed by atoms with E-state index in [1.165, 1.54) is 26.0 Å². The summed E-state index contributed by atoms with van der Waals surface area (Å²) < 4.78 is 32.1. The molecule has 0 amide bonds. The van der Waals surface area contributed by atoms with Crippen LogP contribution in [0.4, 0.5) is 11.5 Å². The van der Waals surface area contributed by atoms with Crippen LogP contribution in [-0.4, -0.2) is 48.1 Å². The van der Waals surface area contributed by atoms with Gasteiger partial charge in [-0.05, 0) is 31.0 Å². The Morgan fingerprint density at radius 2 is 1.96 bits per heavy atom. The maximum absolute atomic E-state index is 12.9. The molecule has 10 heteroatoms. The van der Waals surface area contributed by atoms with Gasteiger partial charge in [-0.2, -0.15) is 4.21 Å². The normalized spacial score (nSPS) is 14.6. The quantitative estimate of drug-likeness (QED) is 0.475. The third-order valence-electron chi connectivity index (χ3n) is 4.71. The predicted octanol–water partition coefficient (Wildman–Crippen LogP) is 2.94. The van der Waals surface area contributed by atoms with E-state index in [-0.39, 0.29) is 11.0 Å². The molecule has 4 N–H and O–H groups in total. The summed E-state index contributed by atoms with van der Waals surface area (Å²) in [5.74, 6) is 1.34. The van der Waals surface area contributed by atoms with E-state index in [9.17, 15) is 8.76 Å². The highest BCUT2D eigenvalue weighted by atomic mass is 32.3. The van der Waals surface area contributed by atoms with Crippen LogP contribution in [0.15, 0.2) is 35.7 Å². The van der Waals surface area contributed by atoms with Gasteiger partial charge in [0.1, 0.15) is 17.6 Å². The molecule has 1 unspecified atom stereocenters. The zero-order chi connectivity index (χ0) is 20.6. The Morgan fingerprint density at radius 1 is 1.21 bits per heavy atom. The van der Waals surface area contributed by atoms with Crippen LogP contribution in [0.5, 0.6) is 5.75 Å². The lowest BCUT2D eigenvalue weighted by molar-refractivity contribution is 0.171. The summed E-state index contributed by atoms with van der Waals surface area (Å²) >= 11 is 0. The van der Waals surface area contributed by atoms with E-state index in [0.717, 1.165) is 0 Å². The first-order valence-electron chi connectivity index (χ1n) is 8.89. The Balaban J connectivity index is 2.09. The van der Waals surface area contributed by atoms with Gasteiger partial charge in [0.2, 0.25) is 0 Å². The van der Waals surface area contributed by atoms with Crippen LogP contribution in [0.3, 0.4) is 0 Å². The molecule has 0 aliphatic heterocycles. The Labute approximate surface area is 163 Å². The molecule has 2 heterocycles. The second kappa shape index (κ2) is 7.12. The highest BCUT2D eigenvalue weighted by Gasteiger charge is 2.24. The van der Waals surface area contributed by atoms with E-state index in [2.05, 4.69) is 43.8 Å². The monoisotopic (exact) mass is 406 g/mol. The molecule has 0 saturated heterocycles. The molecule has 152 valence electrons. The number of benzene rings is 1. The van der Waals surface area contributed by atoms with Gasteiger partial charge in [0.05, 0.1) is 23.0 Å². The van der Waals surface area contributed by atoms with Gasteiger partial charge in [-0.3, -0.25) is 4.55 Å². The van der Waals surface area contributed by atoms with Crippen LogP contribution in [-0.2, 0) is 9.53 Å². The highest BCUT2D eigenvalue weighted by Crippen LogP contribution is 2.36. The summed E-state index contributed by atoms with van der Waals surface area (Å²) in [5.41, 5.74) is 1.66. The number of aromatic amines is 1. The van der Waals surface area contributed by atoms with Crippen LogP contribution in [0, 0.1) is 5.92 Å². The number of rotatable bonds is 7.